The Labute approximate surface area is 66.9 Å². The quantitative estimate of drug-likeness (QED) is 0.517. The van der Waals surface area contributed by atoms with Gasteiger partial charge in [-0.1, -0.05) is 0 Å². The van der Waals surface area contributed by atoms with Crippen molar-refractivity contribution in [3.05, 3.63) is 12.3 Å². The lowest BCUT2D eigenvalue weighted by Crippen LogP contribution is -2.06. The van der Waals surface area contributed by atoms with E-state index in [0.717, 1.165) is 0 Å². The van der Waals surface area contributed by atoms with Crippen LogP contribution in [0.3, 0.4) is 0 Å². The van der Waals surface area contributed by atoms with Gasteiger partial charge >= 0.3 is 0 Å². The van der Waals surface area contributed by atoms with Gasteiger partial charge in [0.25, 0.3) is 0 Å². The molecule has 0 radical (unpaired) electrons. The molecule has 0 saturated carbocycles. The van der Waals surface area contributed by atoms with E-state index in [9.17, 15) is 4.79 Å². The first-order valence-corrected chi connectivity index (χ1v) is 4.03. The van der Waals surface area contributed by atoms with E-state index in [4.69, 9.17) is 0 Å². The van der Waals surface area contributed by atoms with Crippen molar-refractivity contribution >= 4 is 5.78 Å². The first-order chi connectivity index (χ1) is 5.39. The molecule has 2 aliphatic rings. The summed E-state index contributed by atoms with van der Waals surface area (Å²) in [5.74, 6) is 0.162. The van der Waals surface area contributed by atoms with Crippen molar-refractivity contribution in [2.75, 3.05) is 19.6 Å². The zero-order valence-electron chi connectivity index (χ0n) is 6.60. The summed E-state index contributed by atoms with van der Waals surface area (Å²) in [5.41, 5.74) is 0. The Balaban J connectivity index is 0.000000112. The third-order valence-corrected chi connectivity index (χ3v) is 1.62. The standard InChI is InChI=1S/C4H5NO.C4H9N/c6-4-1-2-5-3-4;1-2-4-5-3-1/h1-2,5H,3H2;5H,1-4H2. The highest BCUT2D eigenvalue weighted by atomic mass is 16.1. The summed E-state index contributed by atoms with van der Waals surface area (Å²) in [6.07, 6.45) is 5.96. The molecule has 0 amide bonds. The van der Waals surface area contributed by atoms with Gasteiger partial charge in [-0.3, -0.25) is 4.79 Å². The second-order valence-electron chi connectivity index (χ2n) is 2.64. The second-order valence-corrected chi connectivity index (χ2v) is 2.64. The molecule has 11 heavy (non-hydrogen) atoms. The third kappa shape index (κ3) is 3.78. The molecule has 1 saturated heterocycles. The number of nitrogens with one attached hydrogen (secondary N) is 2. The lowest BCUT2D eigenvalue weighted by Gasteiger charge is -1.78. The average Bonchev–Trinajstić information content (AvgIpc) is 2.57. The summed E-state index contributed by atoms with van der Waals surface area (Å²) in [7, 11) is 0. The normalized spacial score (nSPS) is 20.9. The van der Waals surface area contributed by atoms with Crippen LogP contribution in [0.15, 0.2) is 12.3 Å². The van der Waals surface area contributed by atoms with E-state index < -0.39 is 0 Å². The van der Waals surface area contributed by atoms with Crippen LogP contribution in [0.5, 0.6) is 0 Å². The van der Waals surface area contributed by atoms with Gasteiger partial charge in [-0.05, 0) is 32.0 Å². The van der Waals surface area contributed by atoms with E-state index in [-0.39, 0.29) is 5.78 Å². The molecule has 2 aliphatic heterocycles. The molecular formula is C8H14N2O. The van der Waals surface area contributed by atoms with Crippen LogP contribution in [0.2, 0.25) is 0 Å². The molecule has 62 valence electrons. The van der Waals surface area contributed by atoms with Crippen LogP contribution in [0.25, 0.3) is 0 Å². The van der Waals surface area contributed by atoms with Crippen LogP contribution in [0, 0.1) is 0 Å². The monoisotopic (exact) mass is 154 g/mol. The van der Waals surface area contributed by atoms with Crippen molar-refractivity contribution in [1.29, 1.82) is 0 Å². The molecule has 0 unspecified atom stereocenters. The molecule has 0 bridgehead atoms. The Bertz CT molecular complexity index is 143. The molecule has 0 atom stereocenters. The van der Waals surface area contributed by atoms with Crippen molar-refractivity contribution in [1.82, 2.24) is 10.6 Å². The highest BCUT2D eigenvalue weighted by Gasteiger charge is 1.96. The summed E-state index contributed by atoms with van der Waals surface area (Å²) in [4.78, 5) is 10.1. The van der Waals surface area contributed by atoms with Gasteiger partial charge in [0.05, 0.1) is 6.54 Å². The highest BCUT2D eigenvalue weighted by molar-refractivity contribution is 5.93. The summed E-state index contributed by atoms with van der Waals surface area (Å²) < 4.78 is 0. The maximum absolute atomic E-state index is 10.1. The maximum atomic E-state index is 10.1. The van der Waals surface area contributed by atoms with Crippen LogP contribution in [-0.2, 0) is 4.79 Å². The molecule has 2 rings (SSSR count). The lowest BCUT2D eigenvalue weighted by molar-refractivity contribution is -0.113. The van der Waals surface area contributed by atoms with E-state index in [0.29, 0.717) is 6.54 Å². The minimum Gasteiger partial charge on any atom is -0.383 e. The second kappa shape index (κ2) is 4.91. The largest absolute Gasteiger partial charge is 0.383 e. The third-order valence-electron chi connectivity index (χ3n) is 1.62. The van der Waals surface area contributed by atoms with Gasteiger partial charge in [0.15, 0.2) is 5.78 Å². The zero-order valence-corrected chi connectivity index (χ0v) is 6.60. The zero-order chi connectivity index (χ0) is 7.94. The number of hydrogen-bond acceptors (Lipinski definition) is 3. The van der Waals surface area contributed by atoms with Crippen LogP contribution in [0.4, 0.5) is 0 Å². The summed E-state index contributed by atoms with van der Waals surface area (Å²) in [6, 6.07) is 0. The Morgan fingerprint density at radius 3 is 2.18 bits per heavy atom. The number of ketones is 1. The first-order valence-electron chi connectivity index (χ1n) is 4.03. The Morgan fingerprint density at radius 2 is 2.00 bits per heavy atom. The summed E-state index contributed by atoms with van der Waals surface area (Å²) in [6.45, 7) is 2.99. The van der Waals surface area contributed by atoms with E-state index in [1.54, 1.807) is 6.20 Å². The van der Waals surface area contributed by atoms with Crippen LogP contribution in [-0.4, -0.2) is 25.4 Å². The molecule has 3 nitrogen and oxygen atoms in total. The van der Waals surface area contributed by atoms with E-state index in [1.165, 1.54) is 32.0 Å². The van der Waals surface area contributed by atoms with Gasteiger partial charge in [0.2, 0.25) is 0 Å². The highest BCUT2D eigenvalue weighted by Crippen LogP contribution is 1.90. The molecule has 2 N–H and O–H groups in total. The number of carbonyl (C=O) groups is 1. The Morgan fingerprint density at radius 1 is 1.27 bits per heavy atom. The summed E-state index contributed by atoms with van der Waals surface area (Å²) in [5, 5.41) is 5.96. The Hall–Kier alpha value is -0.830. The molecule has 0 spiro atoms. The molecule has 1 fully saturated rings. The summed E-state index contributed by atoms with van der Waals surface area (Å²) >= 11 is 0. The van der Waals surface area contributed by atoms with Crippen molar-refractivity contribution in [3.8, 4) is 0 Å². The smallest absolute Gasteiger partial charge is 0.176 e. The number of rotatable bonds is 0. The molecule has 3 heteroatoms. The number of hydrogen-bond donors (Lipinski definition) is 2. The van der Waals surface area contributed by atoms with Gasteiger partial charge in [-0.15, -0.1) is 0 Å². The predicted octanol–water partition coefficient (Wildman–Crippen LogP) is 0.0422. The van der Waals surface area contributed by atoms with Crippen molar-refractivity contribution < 1.29 is 4.79 Å². The molecule has 0 aromatic heterocycles. The molecule has 0 aromatic rings. The van der Waals surface area contributed by atoms with Crippen molar-refractivity contribution in [2.45, 2.75) is 12.8 Å². The molecule has 0 aliphatic carbocycles. The van der Waals surface area contributed by atoms with E-state index in [1.807, 2.05) is 0 Å². The average molecular weight is 154 g/mol. The molecule has 0 aromatic carbocycles. The molecular weight excluding hydrogens is 140 g/mol. The lowest BCUT2D eigenvalue weighted by atomic mass is 10.4. The predicted molar refractivity (Wildman–Crippen MR) is 44.3 cm³/mol. The van der Waals surface area contributed by atoms with Crippen molar-refractivity contribution in [3.63, 3.8) is 0 Å². The fourth-order valence-corrected chi connectivity index (χ4v) is 0.995. The topological polar surface area (TPSA) is 41.1 Å². The van der Waals surface area contributed by atoms with Crippen LogP contribution < -0.4 is 10.6 Å². The van der Waals surface area contributed by atoms with Crippen LogP contribution >= 0.6 is 0 Å². The fourth-order valence-electron chi connectivity index (χ4n) is 0.995. The van der Waals surface area contributed by atoms with Crippen LogP contribution in [0.1, 0.15) is 12.8 Å². The first kappa shape index (κ1) is 8.27. The minimum atomic E-state index is 0.162. The number of carbonyl (C=O) groups excluding carboxylic acids is 1. The van der Waals surface area contributed by atoms with Gasteiger partial charge in [-0.25, -0.2) is 0 Å². The van der Waals surface area contributed by atoms with Gasteiger partial charge in [-0.2, -0.15) is 0 Å². The molecule has 2 heterocycles. The van der Waals surface area contributed by atoms with E-state index in [2.05, 4.69) is 10.6 Å². The van der Waals surface area contributed by atoms with Gasteiger partial charge in [0, 0.05) is 6.20 Å². The van der Waals surface area contributed by atoms with E-state index >= 15 is 0 Å². The maximum Gasteiger partial charge on any atom is 0.176 e. The fraction of sp³-hybridized carbons (Fsp3) is 0.625. The minimum absolute atomic E-state index is 0.162. The van der Waals surface area contributed by atoms with Gasteiger partial charge in [0.1, 0.15) is 0 Å². The van der Waals surface area contributed by atoms with Gasteiger partial charge < -0.3 is 10.6 Å². The Kier molecular flexibility index (Phi) is 3.69. The SMILES string of the molecule is C1CCNC1.O=C1C=CNC1. The van der Waals surface area contributed by atoms with Crippen molar-refractivity contribution in [2.24, 2.45) is 0 Å².